The molecule has 0 radical (unpaired) electrons. The van der Waals surface area contributed by atoms with E-state index in [1.165, 1.54) is 16.8 Å². The minimum atomic E-state index is -0.199. The molecule has 4 aromatic rings. The fourth-order valence-electron chi connectivity index (χ4n) is 5.80. The first-order chi connectivity index (χ1) is 17.5. The zero-order valence-electron chi connectivity index (χ0n) is 21.2. The first kappa shape index (κ1) is 22.8. The molecule has 0 bridgehead atoms. The second-order valence-corrected chi connectivity index (χ2v) is 10.2. The van der Waals surface area contributed by atoms with Crippen molar-refractivity contribution in [2.24, 2.45) is 0 Å². The molecule has 36 heavy (non-hydrogen) atoms. The quantitative estimate of drug-likeness (QED) is 0.462. The van der Waals surface area contributed by atoms with Crippen LogP contribution in [0.3, 0.4) is 0 Å². The van der Waals surface area contributed by atoms with Crippen LogP contribution in [0, 0.1) is 6.92 Å². The van der Waals surface area contributed by atoms with Crippen LogP contribution in [0.4, 0.5) is 11.5 Å². The molecule has 0 unspecified atom stereocenters. The van der Waals surface area contributed by atoms with Gasteiger partial charge in [-0.05, 0) is 42.5 Å². The number of rotatable bonds is 4. The number of fused-ring (bicyclic) bond motifs is 2. The smallest absolute Gasteiger partial charge is 0.354 e. The summed E-state index contributed by atoms with van der Waals surface area (Å²) in [6, 6.07) is 12.5. The van der Waals surface area contributed by atoms with Crippen LogP contribution in [0.15, 0.2) is 47.4 Å². The lowest BCUT2D eigenvalue weighted by molar-refractivity contribution is 0.574. The van der Waals surface area contributed by atoms with Crippen molar-refractivity contribution in [3.05, 3.63) is 75.5 Å². The number of hydrogen-bond acceptors (Lipinski definition) is 6. The molecule has 0 spiro atoms. The van der Waals surface area contributed by atoms with Gasteiger partial charge in [0.25, 0.3) is 0 Å². The molecular weight excluding hydrogens is 450 g/mol. The Hall–Kier alpha value is -3.65. The fourth-order valence-corrected chi connectivity index (χ4v) is 5.80. The number of H-pyrrole nitrogens is 1. The summed E-state index contributed by atoms with van der Waals surface area (Å²) in [7, 11) is 0. The van der Waals surface area contributed by atoms with Crippen molar-refractivity contribution in [1.29, 1.82) is 0 Å². The third kappa shape index (κ3) is 3.76. The number of aryl methyl sites for hydroxylation is 1. The number of aromatic nitrogens is 4. The van der Waals surface area contributed by atoms with E-state index in [0.29, 0.717) is 12.5 Å². The van der Waals surface area contributed by atoms with Gasteiger partial charge in [0.05, 0.1) is 35.3 Å². The van der Waals surface area contributed by atoms with Crippen molar-refractivity contribution in [3.63, 3.8) is 0 Å². The van der Waals surface area contributed by atoms with Crippen molar-refractivity contribution >= 4 is 22.4 Å². The normalized spacial score (nSPS) is 16.1. The Bertz CT molecular complexity index is 1480. The van der Waals surface area contributed by atoms with Crippen molar-refractivity contribution in [2.75, 3.05) is 42.5 Å². The van der Waals surface area contributed by atoms with Crippen LogP contribution in [0.2, 0.25) is 0 Å². The number of aromatic amines is 1. The van der Waals surface area contributed by atoms with Crippen LogP contribution in [0.1, 0.15) is 42.1 Å². The summed E-state index contributed by atoms with van der Waals surface area (Å²) in [5, 5.41) is 11.9. The largest absolute Gasteiger partial charge is 0.365 e. The number of anilines is 2. The summed E-state index contributed by atoms with van der Waals surface area (Å²) in [4.78, 5) is 23.2. The van der Waals surface area contributed by atoms with Crippen molar-refractivity contribution in [1.82, 2.24) is 25.1 Å². The predicted molar refractivity (Wildman–Crippen MR) is 145 cm³/mol. The number of para-hydroxylation sites is 1. The lowest BCUT2D eigenvalue weighted by atomic mass is 9.98. The molecule has 2 N–H and O–H groups in total. The van der Waals surface area contributed by atoms with Gasteiger partial charge in [0.1, 0.15) is 5.82 Å². The van der Waals surface area contributed by atoms with Crippen molar-refractivity contribution in [2.45, 2.75) is 39.7 Å². The maximum absolute atomic E-state index is 13.8. The standard InChI is InChI=1S/C28H33N7O/c1-18(2)20-6-4-5-7-24(20)35-25-17-34(26-19(3)8-9-23-22(26)16-30-32-23)13-10-21(25)27(31-28(35)36)33-14-11-29-12-15-33/h4-9,16,18,29H,10-15,17H2,1-3H3,(H,30,32). The molecule has 4 heterocycles. The van der Waals surface area contributed by atoms with Crippen LogP contribution in [-0.2, 0) is 13.0 Å². The SMILES string of the molecule is Cc1ccc2[nH]ncc2c1N1CCc2c(N3CCNCC3)nc(=O)n(-c3ccccc3C(C)C)c2C1. The Morgan fingerprint density at radius 2 is 1.81 bits per heavy atom. The molecule has 6 rings (SSSR count). The van der Waals surface area contributed by atoms with Gasteiger partial charge in [-0.25, -0.2) is 4.79 Å². The topological polar surface area (TPSA) is 82.1 Å². The molecule has 2 aromatic heterocycles. The zero-order chi connectivity index (χ0) is 24.8. The number of nitrogens with zero attached hydrogens (tertiary/aromatic N) is 5. The first-order valence-electron chi connectivity index (χ1n) is 12.9. The van der Waals surface area contributed by atoms with Crippen LogP contribution >= 0.6 is 0 Å². The summed E-state index contributed by atoms with van der Waals surface area (Å²) in [6.07, 6.45) is 2.74. The van der Waals surface area contributed by atoms with Crippen molar-refractivity contribution < 1.29 is 0 Å². The molecule has 2 aliphatic heterocycles. The molecule has 0 amide bonds. The third-order valence-corrected chi connectivity index (χ3v) is 7.58. The third-order valence-electron chi connectivity index (χ3n) is 7.58. The zero-order valence-corrected chi connectivity index (χ0v) is 21.2. The molecule has 8 nitrogen and oxygen atoms in total. The van der Waals surface area contributed by atoms with E-state index in [2.05, 4.69) is 70.4 Å². The lowest BCUT2D eigenvalue weighted by Crippen LogP contribution is -2.46. The predicted octanol–water partition coefficient (Wildman–Crippen LogP) is 3.51. The fraction of sp³-hybridized carbons (Fsp3) is 0.393. The summed E-state index contributed by atoms with van der Waals surface area (Å²) in [5.41, 5.74) is 7.56. The second kappa shape index (κ2) is 9.09. The van der Waals surface area contributed by atoms with Crippen LogP contribution in [-0.4, -0.2) is 52.5 Å². The molecule has 186 valence electrons. The Morgan fingerprint density at radius 1 is 1.00 bits per heavy atom. The van der Waals surface area contributed by atoms with Crippen LogP contribution in [0.5, 0.6) is 0 Å². The van der Waals surface area contributed by atoms with E-state index < -0.39 is 0 Å². The average molecular weight is 484 g/mol. The first-order valence-corrected chi connectivity index (χ1v) is 12.9. The van der Waals surface area contributed by atoms with Gasteiger partial charge in [0, 0.05) is 43.7 Å². The van der Waals surface area contributed by atoms with Crippen LogP contribution in [0.25, 0.3) is 16.6 Å². The minimum absolute atomic E-state index is 0.199. The van der Waals surface area contributed by atoms with Gasteiger partial charge in [-0.15, -0.1) is 0 Å². The number of piperazine rings is 1. The van der Waals surface area contributed by atoms with Gasteiger partial charge in [-0.2, -0.15) is 10.1 Å². The second-order valence-electron chi connectivity index (χ2n) is 10.2. The van der Waals surface area contributed by atoms with E-state index in [0.717, 1.165) is 72.8 Å². The van der Waals surface area contributed by atoms with E-state index in [1.807, 2.05) is 22.9 Å². The highest BCUT2D eigenvalue weighted by atomic mass is 16.1. The Balaban J connectivity index is 1.55. The van der Waals surface area contributed by atoms with E-state index in [1.54, 1.807) is 0 Å². The van der Waals surface area contributed by atoms with Gasteiger partial charge in [-0.3, -0.25) is 9.67 Å². The molecule has 0 saturated carbocycles. The Labute approximate surface area is 211 Å². The Kier molecular flexibility index (Phi) is 5.76. The van der Waals surface area contributed by atoms with E-state index in [-0.39, 0.29) is 5.69 Å². The molecule has 8 heteroatoms. The monoisotopic (exact) mass is 483 g/mol. The van der Waals surface area contributed by atoms with Crippen LogP contribution < -0.4 is 20.8 Å². The molecule has 2 aromatic carbocycles. The molecule has 1 fully saturated rings. The molecule has 2 aliphatic rings. The highest BCUT2D eigenvalue weighted by molar-refractivity contribution is 5.93. The minimum Gasteiger partial charge on any atom is -0.365 e. The molecule has 1 saturated heterocycles. The number of nitrogens with one attached hydrogen (secondary N) is 2. The van der Waals surface area contributed by atoms with Gasteiger partial charge >= 0.3 is 5.69 Å². The summed E-state index contributed by atoms with van der Waals surface area (Å²) in [5.74, 6) is 1.16. The summed E-state index contributed by atoms with van der Waals surface area (Å²) >= 11 is 0. The van der Waals surface area contributed by atoms with E-state index in [9.17, 15) is 4.79 Å². The average Bonchev–Trinajstić information content (AvgIpc) is 3.37. The Morgan fingerprint density at radius 3 is 2.61 bits per heavy atom. The highest BCUT2D eigenvalue weighted by Gasteiger charge is 2.30. The van der Waals surface area contributed by atoms with Gasteiger partial charge in [0.2, 0.25) is 0 Å². The van der Waals surface area contributed by atoms with Gasteiger partial charge in [0.15, 0.2) is 0 Å². The highest BCUT2D eigenvalue weighted by Crippen LogP contribution is 2.36. The lowest BCUT2D eigenvalue weighted by Gasteiger charge is -2.37. The van der Waals surface area contributed by atoms with Crippen molar-refractivity contribution in [3.8, 4) is 5.69 Å². The van der Waals surface area contributed by atoms with Gasteiger partial charge in [-0.1, -0.05) is 38.1 Å². The summed E-state index contributed by atoms with van der Waals surface area (Å²) in [6.45, 7) is 11.5. The number of hydrogen-bond donors (Lipinski definition) is 2. The maximum atomic E-state index is 13.8. The number of benzene rings is 2. The van der Waals surface area contributed by atoms with Gasteiger partial charge < -0.3 is 15.1 Å². The summed E-state index contributed by atoms with van der Waals surface area (Å²) < 4.78 is 1.88. The molecular formula is C28H33N7O. The maximum Gasteiger partial charge on any atom is 0.354 e. The van der Waals surface area contributed by atoms with E-state index >= 15 is 0 Å². The molecule has 0 atom stereocenters. The molecule has 0 aliphatic carbocycles. The van der Waals surface area contributed by atoms with E-state index in [4.69, 9.17) is 4.98 Å².